The zero-order chi connectivity index (χ0) is 15.1. The maximum Gasteiger partial charge on any atom is 0.199 e. The molecule has 3 nitrogen and oxygen atoms in total. The smallest absolute Gasteiger partial charge is 0.199 e. The van der Waals surface area contributed by atoms with E-state index in [1.165, 1.54) is 43.9 Å². The number of hydrogen-bond acceptors (Lipinski definition) is 2. The molecule has 116 valence electrons. The van der Waals surface area contributed by atoms with Crippen LogP contribution in [-0.2, 0) is 9.84 Å². The van der Waals surface area contributed by atoms with Crippen molar-refractivity contribution in [2.45, 2.75) is 55.9 Å². The quantitative estimate of drug-likeness (QED) is 0.878. The standard InChI is InChI=1S/C17H25NO2S/c18-16(12-11-15-7-3-1-4-8-15)13-14-21(19,20)17-9-5-2-6-10-17/h2,5-6,9-10,13-16H,1,3-4,7-8,11-12,18H2/p+1/b14-13+. The van der Waals surface area contributed by atoms with Crippen LogP contribution in [0, 0.1) is 5.92 Å². The minimum atomic E-state index is -3.32. The van der Waals surface area contributed by atoms with Crippen LogP contribution >= 0.6 is 0 Å². The van der Waals surface area contributed by atoms with Crippen molar-refractivity contribution in [1.82, 2.24) is 0 Å². The zero-order valence-electron chi connectivity index (χ0n) is 12.6. The van der Waals surface area contributed by atoms with Gasteiger partial charge in [0.25, 0.3) is 0 Å². The average Bonchev–Trinajstić information content (AvgIpc) is 2.53. The third-order valence-corrected chi connectivity index (χ3v) is 5.72. The van der Waals surface area contributed by atoms with Gasteiger partial charge in [-0.2, -0.15) is 0 Å². The molecule has 4 heteroatoms. The Hall–Kier alpha value is -1.13. The van der Waals surface area contributed by atoms with E-state index in [-0.39, 0.29) is 6.04 Å². The molecule has 1 unspecified atom stereocenters. The van der Waals surface area contributed by atoms with Crippen LogP contribution in [0.5, 0.6) is 0 Å². The Morgan fingerprint density at radius 3 is 2.48 bits per heavy atom. The second-order valence-corrected chi connectivity index (χ2v) is 7.86. The van der Waals surface area contributed by atoms with Gasteiger partial charge in [0, 0.05) is 11.8 Å². The van der Waals surface area contributed by atoms with E-state index < -0.39 is 9.84 Å². The van der Waals surface area contributed by atoms with Crippen molar-refractivity contribution in [2.75, 3.05) is 0 Å². The lowest BCUT2D eigenvalue weighted by Gasteiger charge is -2.21. The number of sulfone groups is 1. The van der Waals surface area contributed by atoms with E-state index in [0.29, 0.717) is 4.90 Å². The number of quaternary nitrogens is 1. The molecule has 1 saturated carbocycles. The van der Waals surface area contributed by atoms with Gasteiger partial charge in [0.2, 0.25) is 0 Å². The minimum Gasteiger partial charge on any atom is -0.352 e. The first-order valence-electron chi connectivity index (χ1n) is 7.89. The molecule has 1 aromatic rings. The predicted octanol–water partition coefficient (Wildman–Crippen LogP) is 2.95. The van der Waals surface area contributed by atoms with E-state index in [0.717, 1.165) is 12.3 Å². The predicted molar refractivity (Wildman–Crippen MR) is 85.3 cm³/mol. The molecule has 1 fully saturated rings. The van der Waals surface area contributed by atoms with Crippen LogP contribution in [0.1, 0.15) is 44.9 Å². The van der Waals surface area contributed by atoms with Crippen molar-refractivity contribution in [3.63, 3.8) is 0 Å². The highest BCUT2D eigenvalue weighted by Crippen LogP contribution is 2.27. The summed E-state index contributed by atoms with van der Waals surface area (Å²) in [6, 6.07) is 8.62. The maximum absolute atomic E-state index is 12.1. The maximum atomic E-state index is 12.1. The first-order valence-corrected chi connectivity index (χ1v) is 9.44. The molecule has 1 aliphatic carbocycles. The van der Waals surface area contributed by atoms with Gasteiger partial charge in [-0.3, -0.25) is 0 Å². The molecule has 1 aromatic carbocycles. The van der Waals surface area contributed by atoms with Gasteiger partial charge < -0.3 is 5.73 Å². The molecule has 1 atom stereocenters. The molecule has 0 radical (unpaired) electrons. The summed E-state index contributed by atoms with van der Waals surface area (Å²) >= 11 is 0. The summed E-state index contributed by atoms with van der Waals surface area (Å²) in [4.78, 5) is 0.348. The Kier molecular flexibility index (Phi) is 6.00. The summed E-state index contributed by atoms with van der Waals surface area (Å²) < 4.78 is 24.3. The zero-order valence-corrected chi connectivity index (χ0v) is 13.4. The van der Waals surface area contributed by atoms with E-state index in [1.807, 2.05) is 6.07 Å². The minimum absolute atomic E-state index is 0.0745. The molecule has 0 aromatic heterocycles. The fraction of sp³-hybridized carbons (Fsp3) is 0.529. The van der Waals surface area contributed by atoms with Gasteiger partial charge in [0.05, 0.1) is 4.90 Å². The Labute approximate surface area is 128 Å². The van der Waals surface area contributed by atoms with E-state index >= 15 is 0 Å². The molecule has 3 N–H and O–H groups in total. The molecular formula is C17H26NO2S+. The number of rotatable bonds is 6. The second kappa shape index (κ2) is 7.76. The van der Waals surface area contributed by atoms with Gasteiger partial charge in [0.1, 0.15) is 6.04 Å². The van der Waals surface area contributed by atoms with Gasteiger partial charge in [0.15, 0.2) is 9.84 Å². The fourth-order valence-electron chi connectivity index (χ4n) is 2.93. The van der Waals surface area contributed by atoms with Crippen LogP contribution in [0.4, 0.5) is 0 Å². The fourth-order valence-corrected chi connectivity index (χ4v) is 4.05. The van der Waals surface area contributed by atoms with Gasteiger partial charge in [-0.05, 0) is 30.5 Å². The molecular weight excluding hydrogens is 282 g/mol. The monoisotopic (exact) mass is 308 g/mol. The summed E-state index contributed by atoms with van der Waals surface area (Å²) in [6.45, 7) is 0. The van der Waals surface area contributed by atoms with E-state index in [2.05, 4.69) is 5.73 Å². The lowest BCUT2D eigenvalue weighted by molar-refractivity contribution is -0.404. The van der Waals surface area contributed by atoms with Crippen LogP contribution < -0.4 is 5.73 Å². The highest BCUT2D eigenvalue weighted by molar-refractivity contribution is 7.94. The molecule has 0 spiro atoms. The van der Waals surface area contributed by atoms with Crippen molar-refractivity contribution in [3.8, 4) is 0 Å². The summed E-state index contributed by atoms with van der Waals surface area (Å²) in [5, 5.41) is 1.32. The summed E-state index contributed by atoms with van der Waals surface area (Å²) in [6.07, 6.45) is 10.6. The van der Waals surface area contributed by atoms with Crippen molar-refractivity contribution in [2.24, 2.45) is 5.92 Å². The van der Waals surface area contributed by atoms with Crippen molar-refractivity contribution in [3.05, 3.63) is 41.8 Å². The van der Waals surface area contributed by atoms with Crippen LogP contribution in [-0.4, -0.2) is 14.5 Å². The van der Waals surface area contributed by atoms with Crippen LogP contribution in [0.15, 0.2) is 46.7 Å². The number of hydrogen-bond donors (Lipinski definition) is 1. The first kappa shape index (κ1) is 16.2. The lowest BCUT2D eigenvalue weighted by atomic mass is 9.85. The first-order chi connectivity index (χ1) is 10.1. The summed E-state index contributed by atoms with van der Waals surface area (Å²) in [7, 11) is -3.32. The highest BCUT2D eigenvalue weighted by atomic mass is 32.2. The third-order valence-electron chi connectivity index (χ3n) is 4.27. The lowest BCUT2D eigenvalue weighted by Crippen LogP contribution is -2.59. The van der Waals surface area contributed by atoms with Crippen LogP contribution in [0.2, 0.25) is 0 Å². The summed E-state index contributed by atoms with van der Waals surface area (Å²) in [5.41, 5.74) is 4.07. The Balaban J connectivity index is 1.85. The molecule has 0 amide bonds. The van der Waals surface area contributed by atoms with Crippen molar-refractivity contribution in [1.29, 1.82) is 0 Å². The molecule has 0 heterocycles. The van der Waals surface area contributed by atoms with Gasteiger partial charge in [-0.15, -0.1) is 0 Å². The largest absolute Gasteiger partial charge is 0.352 e. The van der Waals surface area contributed by atoms with Gasteiger partial charge in [-0.1, -0.05) is 50.3 Å². The topological polar surface area (TPSA) is 61.8 Å². The summed E-state index contributed by atoms with van der Waals surface area (Å²) in [5.74, 6) is 0.821. The van der Waals surface area contributed by atoms with E-state index in [1.54, 1.807) is 30.3 Å². The Morgan fingerprint density at radius 2 is 1.81 bits per heavy atom. The normalized spacial score (nSPS) is 18.9. The molecule has 21 heavy (non-hydrogen) atoms. The van der Waals surface area contributed by atoms with E-state index in [4.69, 9.17) is 0 Å². The Morgan fingerprint density at radius 1 is 1.14 bits per heavy atom. The van der Waals surface area contributed by atoms with Crippen LogP contribution in [0.3, 0.4) is 0 Å². The van der Waals surface area contributed by atoms with Crippen molar-refractivity contribution >= 4 is 9.84 Å². The highest BCUT2D eigenvalue weighted by Gasteiger charge is 2.16. The molecule has 0 saturated heterocycles. The van der Waals surface area contributed by atoms with Crippen molar-refractivity contribution < 1.29 is 14.2 Å². The van der Waals surface area contributed by atoms with Gasteiger partial charge in [-0.25, -0.2) is 8.42 Å². The second-order valence-electron chi connectivity index (χ2n) is 6.03. The molecule has 1 aliphatic rings. The Bertz CT molecular complexity index is 545. The molecule has 0 aliphatic heterocycles. The third kappa shape index (κ3) is 5.29. The molecule has 0 bridgehead atoms. The average molecular weight is 308 g/mol. The van der Waals surface area contributed by atoms with Gasteiger partial charge >= 0.3 is 0 Å². The van der Waals surface area contributed by atoms with Crippen LogP contribution in [0.25, 0.3) is 0 Å². The molecule has 2 rings (SSSR count). The van der Waals surface area contributed by atoms with E-state index in [9.17, 15) is 8.42 Å². The SMILES string of the molecule is [NH3+]C(/C=C/S(=O)(=O)c1ccccc1)CCC1CCCCC1. The number of benzene rings is 1.